The van der Waals surface area contributed by atoms with Gasteiger partial charge in [0.05, 0.1) is 0 Å². The Morgan fingerprint density at radius 3 is 1.86 bits per heavy atom. The highest BCUT2D eigenvalue weighted by Crippen LogP contribution is 2.32. The summed E-state index contributed by atoms with van der Waals surface area (Å²) in [5, 5.41) is 0. The largest absolute Gasteiger partial charge is 0.435 e. The average molecular weight is 246 g/mol. The van der Waals surface area contributed by atoms with Gasteiger partial charge in [-0.3, -0.25) is 0 Å². The fourth-order valence-electron chi connectivity index (χ4n) is 0.288. The van der Waals surface area contributed by atoms with Crippen LogP contribution in [0.15, 0.2) is 11.9 Å². The SMILES string of the molecule is O=S(=O)(OF)OC(F)(F)C(F)=C(F)F. The second kappa shape index (κ2) is 4.14. The highest BCUT2D eigenvalue weighted by Gasteiger charge is 2.46. The Balaban J connectivity index is 4.94. The Hall–Kier alpha value is -0.810. The molecule has 0 atom stereocenters. The van der Waals surface area contributed by atoms with Gasteiger partial charge in [0.1, 0.15) is 0 Å². The Kier molecular flexibility index (Phi) is 3.91. The number of halogens is 6. The van der Waals surface area contributed by atoms with Gasteiger partial charge in [0, 0.05) is 0 Å². The fraction of sp³-hybridized carbons (Fsp3) is 0.333. The van der Waals surface area contributed by atoms with Crippen LogP contribution in [0.4, 0.5) is 26.5 Å². The molecule has 0 aliphatic heterocycles. The van der Waals surface area contributed by atoms with Crippen LogP contribution in [0, 0.1) is 0 Å². The third kappa shape index (κ3) is 3.51. The lowest BCUT2D eigenvalue weighted by atomic mass is 10.5. The Bertz CT molecular complexity index is 329. The zero-order valence-electron chi connectivity index (χ0n) is 5.81. The van der Waals surface area contributed by atoms with E-state index in [1.165, 1.54) is 0 Å². The maximum atomic E-state index is 12.0. The molecule has 0 heterocycles. The number of rotatable bonds is 4. The van der Waals surface area contributed by atoms with Crippen LogP contribution in [0.1, 0.15) is 0 Å². The van der Waals surface area contributed by atoms with Crippen LogP contribution >= 0.6 is 0 Å². The van der Waals surface area contributed by atoms with Gasteiger partial charge in [-0.05, 0) is 8.91 Å². The molecule has 11 heteroatoms. The van der Waals surface area contributed by atoms with Crippen LogP contribution in [-0.2, 0) is 19.0 Å². The van der Waals surface area contributed by atoms with Crippen molar-refractivity contribution in [3.05, 3.63) is 11.9 Å². The summed E-state index contributed by atoms with van der Waals surface area (Å²) in [7, 11) is -5.88. The first-order chi connectivity index (χ1) is 6.12. The van der Waals surface area contributed by atoms with Crippen LogP contribution in [-0.4, -0.2) is 14.5 Å². The van der Waals surface area contributed by atoms with Crippen molar-refractivity contribution >= 4 is 10.4 Å². The molecule has 0 saturated carbocycles. The van der Waals surface area contributed by atoms with E-state index >= 15 is 0 Å². The summed E-state index contributed by atoms with van der Waals surface area (Å²) in [5.74, 6) is -3.46. The smallest absolute Gasteiger partial charge is 0.196 e. The predicted octanol–water partition coefficient (Wildman–Crippen LogP) is 1.82. The lowest BCUT2D eigenvalue weighted by Gasteiger charge is -2.10. The van der Waals surface area contributed by atoms with E-state index in [2.05, 4.69) is 4.18 Å². The lowest BCUT2D eigenvalue weighted by molar-refractivity contribution is -0.172. The van der Waals surface area contributed by atoms with Gasteiger partial charge >= 0.3 is 22.6 Å². The van der Waals surface area contributed by atoms with Gasteiger partial charge in [-0.15, -0.1) is 0 Å². The van der Waals surface area contributed by atoms with Gasteiger partial charge in [0.2, 0.25) is 0 Å². The molecule has 0 rings (SSSR count). The van der Waals surface area contributed by atoms with Gasteiger partial charge in [0.15, 0.2) is 0 Å². The van der Waals surface area contributed by atoms with Crippen molar-refractivity contribution in [2.75, 3.05) is 0 Å². The van der Waals surface area contributed by atoms with E-state index in [-0.39, 0.29) is 0 Å². The molecular weight excluding hydrogens is 246 g/mol. The summed E-state index contributed by atoms with van der Waals surface area (Å²) < 4.78 is 92.9. The van der Waals surface area contributed by atoms with E-state index in [1.54, 1.807) is 0 Å². The van der Waals surface area contributed by atoms with E-state index < -0.39 is 28.4 Å². The molecule has 0 amide bonds. The third-order valence-corrected chi connectivity index (χ3v) is 1.27. The van der Waals surface area contributed by atoms with Crippen molar-refractivity contribution in [3.63, 3.8) is 0 Å². The van der Waals surface area contributed by atoms with E-state index in [0.29, 0.717) is 0 Å². The van der Waals surface area contributed by atoms with Crippen molar-refractivity contribution in [1.82, 2.24) is 0 Å². The lowest BCUT2D eigenvalue weighted by Crippen LogP contribution is -2.26. The van der Waals surface area contributed by atoms with Crippen LogP contribution in [0.25, 0.3) is 0 Å². The normalized spacial score (nSPS) is 12.7. The van der Waals surface area contributed by atoms with E-state index in [9.17, 15) is 34.9 Å². The van der Waals surface area contributed by atoms with Crippen molar-refractivity contribution in [2.24, 2.45) is 0 Å². The second-order valence-electron chi connectivity index (χ2n) is 1.65. The molecule has 0 unspecified atom stereocenters. The molecule has 84 valence electrons. The zero-order chi connectivity index (χ0) is 11.6. The molecule has 0 aliphatic rings. The Morgan fingerprint density at radius 2 is 1.57 bits per heavy atom. The minimum Gasteiger partial charge on any atom is -0.196 e. The summed E-state index contributed by atoms with van der Waals surface area (Å²) in [6.45, 7) is 0. The Labute approximate surface area is 72.9 Å². The molecule has 0 saturated heterocycles. The summed E-state index contributed by atoms with van der Waals surface area (Å²) in [4.78, 5) is 0. The Morgan fingerprint density at radius 1 is 1.14 bits per heavy atom. The quantitative estimate of drug-likeness (QED) is 0.710. The standard InChI is InChI=1S/C3F6O4S/c4-1(2(5)6)3(7,8)12-14(10,11)13-9. The van der Waals surface area contributed by atoms with E-state index in [1.807, 2.05) is 4.39 Å². The molecular formula is C3F6O4S. The number of alkyl halides is 2. The molecule has 0 aromatic heterocycles. The van der Waals surface area contributed by atoms with Crippen molar-refractivity contribution in [3.8, 4) is 0 Å². The number of hydrogen-bond donors (Lipinski definition) is 0. The van der Waals surface area contributed by atoms with Gasteiger partial charge in [-0.25, -0.2) is 0 Å². The van der Waals surface area contributed by atoms with Crippen LogP contribution in [0.3, 0.4) is 0 Å². The van der Waals surface area contributed by atoms with Gasteiger partial charge in [-0.2, -0.15) is 34.6 Å². The molecule has 14 heavy (non-hydrogen) atoms. The van der Waals surface area contributed by atoms with E-state index in [4.69, 9.17) is 0 Å². The molecule has 0 aromatic carbocycles. The second-order valence-corrected chi connectivity index (χ2v) is 2.75. The molecule has 0 N–H and O–H groups in total. The van der Waals surface area contributed by atoms with Gasteiger partial charge in [0.25, 0.3) is 5.83 Å². The fourth-order valence-corrected chi connectivity index (χ4v) is 0.643. The summed E-state index contributed by atoms with van der Waals surface area (Å²) >= 11 is 0. The summed E-state index contributed by atoms with van der Waals surface area (Å²) in [5.41, 5.74) is 0. The maximum absolute atomic E-state index is 12.0. The van der Waals surface area contributed by atoms with Crippen LogP contribution in [0.5, 0.6) is 0 Å². The minimum absolute atomic E-state index is 1.84. The summed E-state index contributed by atoms with van der Waals surface area (Å²) in [6, 6.07) is 0. The van der Waals surface area contributed by atoms with Gasteiger partial charge < -0.3 is 0 Å². The molecule has 4 nitrogen and oxygen atoms in total. The first kappa shape index (κ1) is 13.2. The highest BCUT2D eigenvalue weighted by atomic mass is 32.3. The van der Waals surface area contributed by atoms with Gasteiger partial charge in [-0.1, -0.05) is 0 Å². The van der Waals surface area contributed by atoms with E-state index in [0.717, 1.165) is 0 Å². The molecule has 0 fully saturated rings. The molecule has 0 radical (unpaired) electrons. The van der Waals surface area contributed by atoms with Crippen molar-refractivity contribution in [1.29, 1.82) is 0 Å². The maximum Gasteiger partial charge on any atom is 0.435 e. The molecule has 0 aromatic rings. The third-order valence-electron chi connectivity index (χ3n) is 0.705. The number of hydrogen-bond acceptors (Lipinski definition) is 4. The minimum atomic E-state index is -5.88. The van der Waals surface area contributed by atoms with Crippen LogP contribution in [0.2, 0.25) is 0 Å². The predicted molar refractivity (Wildman–Crippen MR) is 27.5 cm³/mol. The molecule has 0 bridgehead atoms. The molecule has 0 spiro atoms. The highest BCUT2D eigenvalue weighted by molar-refractivity contribution is 7.81. The first-order valence-electron chi connectivity index (χ1n) is 2.47. The monoisotopic (exact) mass is 246 g/mol. The topological polar surface area (TPSA) is 52.6 Å². The zero-order valence-corrected chi connectivity index (χ0v) is 6.63. The van der Waals surface area contributed by atoms with Crippen molar-refractivity contribution < 1.29 is 43.5 Å². The summed E-state index contributed by atoms with van der Waals surface area (Å²) in [6.07, 6.45) is -9.03. The van der Waals surface area contributed by atoms with Crippen molar-refractivity contribution in [2.45, 2.75) is 6.11 Å². The molecule has 0 aliphatic carbocycles. The van der Waals surface area contributed by atoms with Crippen LogP contribution < -0.4 is 0 Å². The average Bonchev–Trinajstić information content (AvgIpc) is 2.01. The first-order valence-corrected chi connectivity index (χ1v) is 3.80.